The highest BCUT2D eigenvalue weighted by molar-refractivity contribution is 7.54. The van der Waals surface area contributed by atoms with Crippen molar-refractivity contribution in [3.8, 4) is 0 Å². The van der Waals surface area contributed by atoms with Crippen molar-refractivity contribution in [2.75, 3.05) is 9.80 Å². The van der Waals surface area contributed by atoms with Gasteiger partial charge in [0.15, 0.2) is 11.6 Å². The predicted molar refractivity (Wildman–Crippen MR) is 161 cm³/mol. The Bertz CT molecular complexity index is 1430. The average Bonchev–Trinajstić information content (AvgIpc) is 3.00. The average molecular weight is 525 g/mol. The van der Waals surface area contributed by atoms with E-state index in [0.29, 0.717) is 0 Å². The lowest BCUT2D eigenvalue weighted by atomic mass is 10.2. The first-order chi connectivity index (χ1) is 19.3. The maximum absolute atomic E-state index is 5.01. The molecule has 0 N–H and O–H groups in total. The van der Waals surface area contributed by atoms with Crippen molar-refractivity contribution in [3.63, 3.8) is 0 Å². The molecule has 0 bridgehead atoms. The van der Waals surface area contributed by atoms with E-state index in [1.54, 1.807) is 24.8 Å². The molecule has 0 radical (unpaired) electrons. The molecule has 4 aromatic carbocycles. The molecule has 0 aliphatic rings. The van der Waals surface area contributed by atoms with Gasteiger partial charge in [0.1, 0.15) is 0 Å². The van der Waals surface area contributed by atoms with Crippen LogP contribution >= 0.6 is 8.58 Å². The van der Waals surface area contributed by atoms with Gasteiger partial charge in [0.25, 0.3) is 0 Å². The van der Waals surface area contributed by atoms with Crippen LogP contribution in [0.2, 0.25) is 0 Å². The van der Waals surface area contributed by atoms with Crippen LogP contribution < -0.4 is 20.7 Å². The summed E-state index contributed by atoms with van der Waals surface area (Å²) < 4.78 is 0. The number of rotatable bonds is 8. The molecule has 0 aliphatic carbocycles. The van der Waals surface area contributed by atoms with Crippen LogP contribution in [0.4, 0.5) is 34.4 Å². The number of hydrogen-bond acceptors (Lipinski definition) is 6. The van der Waals surface area contributed by atoms with E-state index in [9.17, 15) is 0 Å². The molecule has 0 aliphatic heterocycles. The fourth-order valence-corrected chi connectivity index (χ4v) is 5.20. The van der Waals surface area contributed by atoms with E-state index >= 15 is 0 Å². The molecule has 6 nitrogen and oxygen atoms in total. The number of benzene rings is 4. The lowest BCUT2D eigenvalue weighted by Crippen LogP contribution is -2.19. The number of anilines is 6. The molecule has 7 heteroatoms. The van der Waals surface area contributed by atoms with Crippen LogP contribution in [0.1, 0.15) is 0 Å². The summed E-state index contributed by atoms with van der Waals surface area (Å²) in [5.41, 5.74) is 5.73. The minimum atomic E-state index is 0.185. The normalized spacial score (nSPS) is 10.7. The number of nitrogens with zero attached hydrogens (tertiary/aromatic N) is 6. The van der Waals surface area contributed by atoms with Crippen molar-refractivity contribution in [2.45, 2.75) is 0 Å². The maximum Gasteiger partial charge on any atom is 0.156 e. The van der Waals surface area contributed by atoms with Crippen molar-refractivity contribution >= 4 is 53.8 Å². The third-order valence-electron chi connectivity index (χ3n) is 6.02. The fraction of sp³-hybridized carbons (Fsp3) is 0. The highest BCUT2D eigenvalue weighted by Crippen LogP contribution is 2.33. The molecule has 0 unspecified atom stereocenters. The lowest BCUT2D eigenvalue weighted by molar-refractivity contribution is 1.14. The Morgan fingerprint density at radius 1 is 0.385 bits per heavy atom. The highest BCUT2D eigenvalue weighted by Gasteiger charge is 2.16. The standard InChI is InChI=1S/C32H25N6P/c1-5-13-25(14-6-1)37(26-15-7-2-8-16-26)29-21-33-23-31(35-29)39-32-24-34-22-30(36-32)38(27-17-9-3-10-18-27)28-19-11-4-12-20-28/h1-24,39H. The summed E-state index contributed by atoms with van der Waals surface area (Å²) in [7, 11) is 0.185. The molecular formula is C32H25N6P. The van der Waals surface area contributed by atoms with Gasteiger partial charge in [-0.25, -0.2) is 9.97 Å². The van der Waals surface area contributed by atoms with Crippen molar-refractivity contribution < 1.29 is 0 Å². The van der Waals surface area contributed by atoms with Crippen LogP contribution in [0.15, 0.2) is 146 Å². The monoisotopic (exact) mass is 524 g/mol. The van der Waals surface area contributed by atoms with Crippen molar-refractivity contribution in [1.82, 2.24) is 19.9 Å². The van der Waals surface area contributed by atoms with Crippen LogP contribution in [0.25, 0.3) is 0 Å². The molecule has 188 valence electrons. The smallest absolute Gasteiger partial charge is 0.156 e. The highest BCUT2D eigenvalue weighted by atomic mass is 31.1. The van der Waals surface area contributed by atoms with Gasteiger partial charge in [-0.1, -0.05) is 72.8 Å². The summed E-state index contributed by atoms with van der Waals surface area (Å²) in [6.45, 7) is 0. The van der Waals surface area contributed by atoms with E-state index in [-0.39, 0.29) is 8.58 Å². The quantitative estimate of drug-likeness (QED) is 0.203. The Morgan fingerprint density at radius 2 is 0.692 bits per heavy atom. The molecule has 2 aromatic heterocycles. The number of hydrogen-bond donors (Lipinski definition) is 0. The topological polar surface area (TPSA) is 58.0 Å². The summed E-state index contributed by atoms with van der Waals surface area (Å²) in [6.07, 6.45) is 7.19. The molecule has 6 aromatic rings. The largest absolute Gasteiger partial charge is 0.294 e. The summed E-state index contributed by atoms with van der Waals surface area (Å²) >= 11 is 0. The number of aromatic nitrogens is 4. The second-order valence-corrected chi connectivity index (χ2v) is 9.94. The van der Waals surface area contributed by atoms with Crippen molar-refractivity contribution in [3.05, 3.63) is 146 Å². The second kappa shape index (κ2) is 11.6. The van der Waals surface area contributed by atoms with Gasteiger partial charge in [-0.05, 0) is 57.1 Å². The van der Waals surface area contributed by atoms with E-state index in [4.69, 9.17) is 9.97 Å². The van der Waals surface area contributed by atoms with Crippen LogP contribution in [0, 0.1) is 0 Å². The Balaban J connectivity index is 1.34. The van der Waals surface area contributed by atoms with Crippen LogP contribution in [-0.4, -0.2) is 19.9 Å². The number of para-hydroxylation sites is 4. The first-order valence-electron chi connectivity index (χ1n) is 12.6. The molecule has 6 rings (SSSR count). The van der Waals surface area contributed by atoms with Gasteiger partial charge in [-0.15, -0.1) is 0 Å². The van der Waals surface area contributed by atoms with Crippen LogP contribution in [0.3, 0.4) is 0 Å². The molecular weight excluding hydrogens is 499 g/mol. The SMILES string of the molecule is c1ccc(N(c2ccccc2)c2cncc(Pc3cncc(N(c4ccccc4)c4ccccc4)n3)n2)cc1. The van der Waals surface area contributed by atoms with E-state index in [1.165, 1.54) is 0 Å². The molecule has 0 saturated heterocycles. The minimum Gasteiger partial charge on any atom is -0.294 e. The van der Waals surface area contributed by atoms with Gasteiger partial charge in [-0.2, -0.15) is 0 Å². The Morgan fingerprint density at radius 3 is 1.00 bits per heavy atom. The summed E-state index contributed by atoms with van der Waals surface area (Å²) in [4.78, 5) is 23.3. The zero-order valence-corrected chi connectivity index (χ0v) is 22.0. The van der Waals surface area contributed by atoms with Gasteiger partial charge >= 0.3 is 0 Å². The molecule has 0 amide bonds. The van der Waals surface area contributed by atoms with E-state index in [0.717, 1.165) is 45.3 Å². The van der Waals surface area contributed by atoms with Crippen LogP contribution in [-0.2, 0) is 0 Å². The first-order valence-corrected chi connectivity index (χ1v) is 13.6. The van der Waals surface area contributed by atoms with Gasteiger partial charge in [0, 0.05) is 22.7 Å². The van der Waals surface area contributed by atoms with Gasteiger partial charge in [0.05, 0.1) is 35.7 Å². The molecule has 2 heterocycles. The molecule has 39 heavy (non-hydrogen) atoms. The Hall–Kier alpha value is -4.93. The maximum atomic E-state index is 5.01. The molecule has 0 saturated carbocycles. The molecule has 0 atom stereocenters. The Labute approximate surface area is 229 Å². The van der Waals surface area contributed by atoms with E-state index in [1.807, 2.05) is 72.8 Å². The van der Waals surface area contributed by atoms with E-state index < -0.39 is 0 Å². The molecule has 0 spiro atoms. The zero-order valence-electron chi connectivity index (χ0n) is 21.0. The summed E-state index contributed by atoms with van der Waals surface area (Å²) in [6, 6.07) is 40.8. The first kappa shape index (κ1) is 24.4. The van der Waals surface area contributed by atoms with Gasteiger partial charge < -0.3 is 0 Å². The molecule has 0 fully saturated rings. The predicted octanol–water partition coefficient (Wildman–Crippen LogP) is 6.84. The van der Waals surface area contributed by atoms with Gasteiger partial charge in [-0.3, -0.25) is 19.8 Å². The minimum absolute atomic E-state index is 0.185. The third-order valence-corrected chi connectivity index (χ3v) is 7.01. The van der Waals surface area contributed by atoms with Crippen molar-refractivity contribution in [1.29, 1.82) is 0 Å². The van der Waals surface area contributed by atoms with Crippen LogP contribution in [0.5, 0.6) is 0 Å². The Kier molecular flexibility index (Phi) is 7.28. The second-order valence-electron chi connectivity index (χ2n) is 8.66. The zero-order chi connectivity index (χ0) is 26.3. The van der Waals surface area contributed by atoms with E-state index in [2.05, 4.69) is 68.3 Å². The van der Waals surface area contributed by atoms with Crippen molar-refractivity contribution in [2.24, 2.45) is 0 Å². The summed E-state index contributed by atoms with van der Waals surface area (Å²) in [5, 5.41) is 0. The van der Waals surface area contributed by atoms with Gasteiger partial charge in [0.2, 0.25) is 0 Å². The summed E-state index contributed by atoms with van der Waals surface area (Å²) in [5.74, 6) is 1.49. The fourth-order valence-electron chi connectivity index (χ4n) is 4.31. The third kappa shape index (κ3) is 5.66. The lowest BCUT2D eigenvalue weighted by Gasteiger charge is -2.24.